The predicted octanol–water partition coefficient (Wildman–Crippen LogP) is 3.57. The highest BCUT2D eigenvalue weighted by molar-refractivity contribution is 6.10. The molecule has 0 atom stereocenters. The monoisotopic (exact) mass is 352 g/mol. The number of benzene rings is 2. The van der Waals surface area contributed by atoms with Gasteiger partial charge in [-0.25, -0.2) is 0 Å². The van der Waals surface area contributed by atoms with E-state index in [9.17, 15) is 10.1 Å². The molecule has 1 N–H and O–H groups in total. The van der Waals surface area contributed by atoms with Gasteiger partial charge in [0.15, 0.2) is 0 Å². The molecule has 1 amide bonds. The second kappa shape index (κ2) is 8.58. The van der Waals surface area contributed by atoms with Crippen molar-refractivity contribution in [1.29, 1.82) is 5.26 Å². The Balaban J connectivity index is 2.34. The third kappa shape index (κ3) is 4.33. The first kappa shape index (κ1) is 18.9. The molecule has 0 radical (unpaired) electrons. The van der Waals surface area contributed by atoms with Gasteiger partial charge in [-0.3, -0.25) is 4.79 Å². The van der Waals surface area contributed by atoms with Crippen LogP contribution in [0, 0.1) is 18.3 Å². The van der Waals surface area contributed by atoms with E-state index in [-0.39, 0.29) is 5.57 Å². The second-order valence-electron chi connectivity index (χ2n) is 5.44. The second-order valence-corrected chi connectivity index (χ2v) is 5.44. The topological polar surface area (TPSA) is 80.6 Å². The molecule has 0 bridgehead atoms. The summed E-state index contributed by atoms with van der Waals surface area (Å²) >= 11 is 0. The Labute approximate surface area is 152 Å². The zero-order valence-corrected chi connectivity index (χ0v) is 15.1. The number of carbonyl (C=O) groups is 1. The molecule has 0 fully saturated rings. The summed E-state index contributed by atoms with van der Waals surface area (Å²) in [5.41, 5.74) is 1.99. The summed E-state index contributed by atoms with van der Waals surface area (Å²) in [6, 6.07) is 12.5. The summed E-state index contributed by atoms with van der Waals surface area (Å²) in [7, 11) is 4.58. The Hall–Kier alpha value is -3.46. The van der Waals surface area contributed by atoms with E-state index in [0.717, 1.165) is 5.56 Å². The molecule has 0 saturated carbocycles. The van der Waals surface area contributed by atoms with Gasteiger partial charge in [0, 0.05) is 11.6 Å². The Morgan fingerprint density at radius 1 is 1.04 bits per heavy atom. The van der Waals surface area contributed by atoms with E-state index in [1.807, 2.05) is 19.1 Å². The van der Waals surface area contributed by atoms with Crippen LogP contribution in [0.3, 0.4) is 0 Å². The quantitative estimate of drug-likeness (QED) is 0.635. The predicted molar refractivity (Wildman–Crippen MR) is 99.5 cm³/mol. The van der Waals surface area contributed by atoms with Gasteiger partial charge in [-0.2, -0.15) is 5.26 Å². The van der Waals surface area contributed by atoms with E-state index < -0.39 is 5.91 Å². The van der Waals surface area contributed by atoms with Crippen LogP contribution in [0.15, 0.2) is 42.0 Å². The number of aryl methyl sites for hydroxylation is 1. The number of ether oxygens (including phenoxy) is 3. The van der Waals surface area contributed by atoms with Gasteiger partial charge in [-0.15, -0.1) is 0 Å². The first-order chi connectivity index (χ1) is 12.5. The fraction of sp³-hybridized carbons (Fsp3) is 0.200. The number of methoxy groups -OCH3 is 3. The molecule has 0 aliphatic carbocycles. The van der Waals surface area contributed by atoms with Crippen molar-refractivity contribution in [2.45, 2.75) is 6.92 Å². The summed E-state index contributed by atoms with van der Waals surface area (Å²) in [6.45, 7) is 1.90. The maximum Gasteiger partial charge on any atom is 0.266 e. The Morgan fingerprint density at radius 3 is 2.38 bits per heavy atom. The van der Waals surface area contributed by atoms with Crippen LogP contribution in [-0.2, 0) is 4.79 Å². The SMILES string of the molecule is COc1ccc(/C=C(\C#N)C(=O)Nc2cc(C)ccc2OC)c(OC)c1. The molecule has 0 saturated heterocycles. The van der Waals surface area contributed by atoms with E-state index in [2.05, 4.69) is 5.32 Å². The number of hydrogen-bond donors (Lipinski definition) is 1. The van der Waals surface area contributed by atoms with Crippen molar-refractivity contribution in [3.05, 3.63) is 53.1 Å². The van der Waals surface area contributed by atoms with Crippen LogP contribution in [0.5, 0.6) is 17.2 Å². The van der Waals surface area contributed by atoms with E-state index in [4.69, 9.17) is 14.2 Å². The molecule has 0 unspecified atom stereocenters. The van der Waals surface area contributed by atoms with Crippen LogP contribution in [0.4, 0.5) is 5.69 Å². The number of nitrogens with one attached hydrogen (secondary N) is 1. The minimum Gasteiger partial charge on any atom is -0.497 e. The molecule has 134 valence electrons. The molecule has 0 aromatic heterocycles. The average Bonchev–Trinajstić information content (AvgIpc) is 2.66. The van der Waals surface area contributed by atoms with Crippen molar-refractivity contribution in [2.75, 3.05) is 26.6 Å². The van der Waals surface area contributed by atoms with Crippen molar-refractivity contribution in [3.63, 3.8) is 0 Å². The third-order valence-corrected chi connectivity index (χ3v) is 3.71. The zero-order valence-electron chi connectivity index (χ0n) is 15.1. The van der Waals surface area contributed by atoms with Crippen LogP contribution in [0.2, 0.25) is 0 Å². The van der Waals surface area contributed by atoms with E-state index >= 15 is 0 Å². The highest BCUT2D eigenvalue weighted by Gasteiger charge is 2.14. The maximum absolute atomic E-state index is 12.5. The van der Waals surface area contributed by atoms with Gasteiger partial charge in [0.05, 0.1) is 27.0 Å². The highest BCUT2D eigenvalue weighted by Crippen LogP contribution is 2.28. The van der Waals surface area contributed by atoms with Gasteiger partial charge in [0.2, 0.25) is 0 Å². The van der Waals surface area contributed by atoms with Gasteiger partial charge in [-0.1, -0.05) is 6.07 Å². The van der Waals surface area contributed by atoms with Crippen molar-refractivity contribution in [1.82, 2.24) is 0 Å². The van der Waals surface area contributed by atoms with Crippen LogP contribution in [0.25, 0.3) is 6.08 Å². The summed E-state index contributed by atoms with van der Waals surface area (Å²) in [6.07, 6.45) is 1.47. The molecule has 0 aliphatic rings. The summed E-state index contributed by atoms with van der Waals surface area (Å²) in [5, 5.41) is 12.1. The van der Waals surface area contributed by atoms with Gasteiger partial charge < -0.3 is 19.5 Å². The van der Waals surface area contributed by atoms with Crippen LogP contribution in [0.1, 0.15) is 11.1 Å². The standard InChI is InChI=1S/C20H20N2O4/c1-13-5-8-18(25-3)17(9-13)22-20(23)15(12-21)10-14-6-7-16(24-2)11-19(14)26-4/h5-11H,1-4H3,(H,22,23)/b15-10+. The minimum atomic E-state index is -0.533. The number of rotatable bonds is 6. The van der Waals surface area contributed by atoms with Gasteiger partial charge in [0.25, 0.3) is 5.91 Å². The highest BCUT2D eigenvalue weighted by atomic mass is 16.5. The molecule has 2 aromatic rings. The summed E-state index contributed by atoms with van der Waals surface area (Å²) < 4.78 is 15.7. The molecule has 2 rings (SSSR count). The van der Waals surface area contributed by atoms with E-state index in [0.29, 0.717) is 28.5 Å². The Morgan fingerprint density at radius 2 is 1.77 bits per heavy atom. The van der Waals surface area contributed by atoms with Crippen molar-refractivity contribution < 1.29 is 19.0 Å². The molecular formula is C20H20N2O4. The number of nitrogens with zero attached hydrogens (tertiary/aromatic N) is 1. The Bertz CT molecular complexity index is 882. The summed E-state index contributed by atoms with van der Waals surface area (Å²) in [5.74, 6) is 1.10. The zero-order chi connectivity index (χ0) is 19.1. The number of hydrogen-bond acceptors (Lipinski definition) is 5. The lowest BCUT2D eigenvalue weighted by Gasteiger charge is -2.11. The minimum absolute atomic E-state index is 0.0583. The van der Waals surface area contributed by atoms with Crippen molar-refractivity contribution >= 4 is 17.7 Å². The number of amides is 1. The average molecular weight is 352 g/mol. The smallest absolute Gasteiger partial charge is 0.266 e. The summed E-state index contributed by atoms with van der Waals surface area (Å²) in [4.78, 5) is 12.5. The maximum atomic E-state index is 12.5. The molecular weight excluding hydrogens is 332 g/mol. The number of nitriles is 1. The first-order valence-electron chi connectivity index (χ1n) is 7.82. The van der Waals surface area contributed by atoms with Gasteiger partial charge >= 0.3 is 0 Å². The molecule has 6 heteroatoms. The first-order valence-corrected chi connectivity index (χ1v) is 7.82. The largest absolute Gasteiger partial charge is 0.497 e. The van der Waals surface area contributed by atoms with Crippen molar-refractivity contribution in [2.24, 2.45) is 0 Å². The lowest BCUT2D eigenvalue weighted by Crippen LogP contribution is -2.14. The van der Waals surface area contributed by atoms with Crippen LogP contribution >= 0.6 is 0 Å². The molecule has 0 aliphatic heterocycles. The number of carbonyl (C=O) groups excluding carboxylic acids is 1. The normalized spacial score (nSPS) is 10.7. The molecule has 6 nitrogen and oxygen atoms in total. The van der Waals surface area contributed by atoms with E-state index in [1.165, 1.54) is 20.3 Å². The van der Waals surface area contributed by atoms with Crippen LogP contribution in [-0.4, -0.2) is 27.2 Å². The molecule has 0 spiro atoms. The fourth-order valence-electron chi connectivity index (χ4n) is 2.35. The lowest BCUT2D eigenvalue weighted by molar-refractivity contribution is -0.112. The fourth-order valence-corrected chi connectivity index (χ4v) is 2.35. The van der Waals surface area contributed by atoms with Crippen LogP contribution < -0.4 is 19.5 Å². The van der Waals surface area contributed by atoms with Crippen molar-refractivity contribution in [3.8, 4) is 23.3 Å². The lowest BCUT2D eigenvalue weighted by atomic mass is 10.1. The van der Waals surface area contributed by atoms with E-state index in [1.54, 1.807) is 37.4 Å². The Kier molecular flexibility index (Phi) is 6.23. The van der Waals surface area contributed by atoms with Gasteiger partial charge in [-0.05, 0) is 42.8 Å². The third-order valence-electron chi connectivity index (χ3n) is 3.71. The van der Waals surface area contributed by atoms with Gasteiger partial charge in [0.1, 0.15) is 28.9 Å². The number of anilines is 1. The molecule has 2 aromatic carbocycles. The molecule has 26 heavy (non-hydrogen) atoms. The molecule has 0 heterocycles.